The van der Waals surface area contributed by atoms with E-state index in [-0.39, 0.29) is 0 Å². The van der Waals surface area contributed by atoms with Crippen LogP contribution in [0, 0.1) is 0 Å². The van der Waals surface area contributed by atoms with Gasteiger partial charge < -0.3 is 15.3 Å². The third-order valence-electron chi connectivity index (χ3n) is 4.34. The number of hydrogen-bond acceptors (Lipinski definition) is 3. The van der Waals surface area contributed by atoms with Gasteiger partial charge >= 0.3 is 0 Å². The third-order valence-corrected chi connectivity index (χ3v) is 4.83. The Morgan fingerprint density at radius 2 is 2.05 bits per heavy atom. The van der Waals surface area contributed by atoms with Gasteiger partial charge in [-0.1, -0.05) is 28.9 Å². The normalized spacial score (nSPS) is 19.6. The van der Waals surface area contributed by atoms with Gasteiger partial charge in [0.05, 0.1) is 5.60 Å². The molecule has 1 aromatic carbocycles. The zero-order valence-corrected chi connectivity index (χ0v) is 14.9. The average molecular weight is 355 g/mol. The van der Waals surface area contributed by atoms with Gasteiger partial charge in [-0.3, -0.25) is 0 Å². The minimum absolute atomic E-state index is 0.343. The van der Waals surface area contributed by atoms with Crippen LogP contribution in [0.1, 0.15) is 51.6 Å². The molecule has 1 aliphatic rings. The summed E-state index contributed by atoms with van der Waals surface area (Å²) in [6, 6.07) is 6.87. The Morgan fingerprint density at radius 1 is 1.38 bits per heavy atom. The summed E-state index contributed by atoms with van der Waals surface area (Å²) in [6.07, 6.45) is 2.80. The van der Waals surface area contributed by atoms with Crippen molar-refractivity contribution in [3.05, 3.63) is 28.2 Å². The van der Waals surface area contributed by atoms with Crippen LogP contribution in [0.2, 0.25) is 0 Å². The number of piperidine rings is 1. The van der Waals surface area contributed by atoms with E-state index in [1.807, 2.05) is 6.92 Å². The zero-order valence-electron chi connectivity index (χ0n) is 13.3. The lowest BCUT2D eigenvalue weighted by Crippen LogP contribution is -2.43. The predicted molar refractivity (Wildman–Crippen MR) is 92.9 cm³/mol. The van der Waals surface area contributed by atoms with Gasteiger partial charge in [0.1, 0.15) is 0 Å². The number of halogens is 1. The largest absolute Gasteiger partial charge is 0.390 e. The molecule has 0 aliphatic carbocycles. The molecule has 1 unspecified atom stereocenters. The van der Waals surface area contributed by atoms with Crippen LogP contribution in [0.15, 0.2) is 22.7 Å². The lowest BCUT2D eigenvalue weighted by molar-refractivity contribution is 0.0351. The Labute approximate surface area is 136 Å². The van der Waals surface area contributed by atoms with E-state index in [1.165, 1.54) is 11.3 Å². The first-order valence-corrected chi connectivity index (χ1v) is 8.72. The number of anilines is 1. The second-order valence-electron chi connectivity index (χ2n) is 6.36. The molecule has 1 saturated heterocycles. The third kappa shape index (κ3) is 4.44. The molecule has 118 valence electrons. The van der Waals surface area contributed by atoms with Crippen LogP contribution >= 0.6 is 15.9 Å². The molecule has 4 heteroatoms. The van der Waals surface area contributed by atoms with E-state index in [0.29, 0.717) is 6.04 Å². The van der Waals surface area contributed by atoms with E-state index in [1.54, 1.807) is 0 Å². The second-order valence-corrected chi connectivity index (χ2v) is 7.28. The molecule has 1 aliphatic heterocycles. The van der Waals surface area contributed by atoms with Gasteiger partial charge in [0, 0.05) is 29.3 Å². The Morgan fingerprint density at radius 3 is 2.67 bits per heavy atom. The average Bonchev–Trinajstić information content (AvgIpc) is 2.44. The van der Waals surface area contributed by atoms with Crippen LogP contribution in [0.4, 0.5) is 5.69 Å². The van der Waals surface area contributed by atoms with E-state index in [9.17, 15) is 5.11 Å². The van der Waals surface area contributed by atoms with Gasteiger partial charge in [0.15, 0.2) is 0 Å². The van der Waals surface area contributed by atoms with Crippen LogP contribution < -0.4 is 10.2 Å². The molecular formula is C17H27BrN2O. The van der Waals surface area contributed by atoms with Crippen molar-refractivity contribution in [2.45, 2.75) is 51.7 Å². The number of nitrogens with one attached hydrogen (secondary N) is 1. The number of benzene rings is 1. The van der Waals surface area contributed by atoms with Crippen molar-refractivity contribution >= 4 is 21.6 Å². The zero-order chi connectivity index (χ0) is 15.5. The van der Waals surface area contributed by atoms with Gasteiger partial charge in [0.25, 0.3) is 0 Å². The molecule has 0 aromatic heterocycles. The fourth-order valence-electron chi connectivity index (χ4n) is 2.86. The lowest BCUT2D eigenvalue weighted by atomic mass is 9.92. The number of aliphatic hydroxyl groups is 1. The Kier molecular flexibility index (Phi) is 5.69. The van der Waals surface area contributed by atoms with Crippen LogP contribution in [-0.4, -0.2) is 30.3 Å². The van der Waals surface area contributed by atoms with Crippen molar-refractivity contribution in [1.29, 1.82) is 0 Å². The molecular weight excluding hydrogens is 328 g/mol. The molecule has 1 atom stereocenters. The Balaban J connectivity index is 2.19. The molecule has 3 nitrogen and oxygen atoms in total. The summed E-state index contributed by atoms with van der Waals surface area (Å²) < 4.78 is 1.11. The molecule has 21 heavy (non-hydrogen) atoms. The number of rotatable bonds is 5. The highest BCUT2D eigenvalue weighted by molar-refractivity contribution is 9.10. The number of hydrogen-bond donors (Lipinski definition) is 2. The first-order chi connectivity index (χ1) is 9.93. The van der Waals surface area contributed by atoms with E-state index in [2.05, 4.69) is 58.2 Å². The minimum Gasteiger partial charge on any atom is -0.390 e. The SMILES string of the molecule is CCCNC(C)c1ccc(Br)cc1N1CCC(C)(O)CC1. The second kappa shape index (κ2) is 7.12. The maximum absolute atomic E-state index is 10.1. The molecule has 0 bridgehead atoms. The fourth-order valence-corrected chi connectivity index (χ4v) is 3.21. The maximum Gasteiger partial charge on any atom is 0.0653 e. The first kappa shape index (κ1) is 16.8. The van der Waals surface area contributed by atoms with E-state index >= 15 is 0 Å². The molecule has 0 radical (unpaired) electrons. The molecule has 2 N–H and O–H groups in total. The van der Waals surface area contributed by atoms with Gasteiger partial charge in [-0.2, -0.15) is 0 Å². The van der Waals surface area contributed by atoms with Gasteiger partial charge in [0.2, 0.25) is 0 Å². The Bertz CT molecular complexity index is 466. The summed E-state index contributed by atoms with van der Waals surface area (Å²) in [6.45, 7) is 9.22. The first-order valence-electron chi connectivity index (χ1n) is 7.93. The highest BCUT2D eigenvalue weighted by Gasteiger charge is 2.28. The summed E-state index contributed by atoms with van der Waals surface area (Å²) in [7, 11) is 0. The van der Waals surface area contributed by atoms with Crippen molar-refractivity contribution in [1.82, 2.24) is 5.32 Å². The van der Waals surface area contributed by atoms with Crippen molar-refractivity contribution in [2.24, 2.45) is 0 Å². The fraction of sp³-hybridized carbons (Fsp3) is 0.647. The summed E-state index contributed by atoms with van der Waals surface area (Å²) in [5, 5.41) is 13.7. The highest BCUT2D eigenvalue weighted by Crippen LogP contribution is 2.33. The van der Waals surface area contributed by atoms with E-state index < -0.39 is 5.60 Å². The molecule has 0 amide bonds. The number of nitrogens with zero attached hydrogens (tertiary/aromatic N) is 1. The highest BCUT2D eigenvalue weighted by atomic mass is 79.9. The van der Waals surface area contributed by atoms with Crippen LogP contribution in [0.25, 0.3) is 0 Å². The summed E-state index contributed by atoms with van der Waals surface area (Å²) in [5.74, 6) is 0. The topological polar surface area (TPSA) is 35.5 Å². The molecule has 0 spiro atoms. The minimum atomic E-state index is -0.505. The molecule has 2 rings (SSSR count). The predicted octanol–water partition coefficient (Wildman–Crippen LogP) is 3.86. The summed E-state index contributed by atoms with van der Waals surface area (Å²) in [5.41, 5.74) is 2.12. The molecule has 0 saturated carbocycles. The van der Waals surface area contributed by atoms with Gasteiger partial charge in [-0.25, -0.2) is 0 Å². The van der Waals surface area contributed by atoms with E-state index in [0.717, 1.165) is 43.4 Å². The van der Waals surface area contributed by atoms with Crippen LogP contribution in [0.5, 0.6) is 0 Å². The maximum atomic E-state index is 10.1. The summed E-state index contributed by atoms with van der Waals surface area (Å²) in [4.78, 5) is 2.40. The van der Waals surface area contributed by atoms with Gasteiger partial charge in [-0.05, 0) is 57.4 Å². The quantitative estimate of drug-likeness (QED) is 0.842. The lowest BCUT2D eigenvalue weighted by Gasteiger charge is -2.38. The van der Waals surface area contributed by atoms with Crippen molar-refractivity contribution in [3.63, 3.8) is 0 Å². The van der Waals surface area contributed by atoms with Crippen LogP contribution in [0.3, 0.4) is 0 Å². The van der Waals surface area contributed by atoms with Crippen molar-refractivity contribution in [3.8, 4) is 0 Å². The van der Waals surface area contributed by atoms with Crippen molar-refractivity contribution < 1.29 is 5.11 Å². The molecule has 1 heterocycles. The van der Waals surface area contributed by atoms with E-state index in [4.69, 9.17) is 0 Å². The summed E-state index contributed by atoms with van der Waals surface area (Å²) >= 11 is 3.59. The van der Waals surface area contributed by atoms with Crippen molar-refractivity contribution in [2.75, 3.05) is 24.5 Å². The molecule has 1 fully saturated rings. The van der Waals surface area contributed by atoms with Gasteiger partial charge in [-0.15, -0.1) is 0 Å². The monoisotopic (exact) mass is 354 g/mol. The smallest absolute Gasteiger partial charge is 0.0653 e. The molecule has 1 aromatic rings. The Hall–Kier alpha value is -0.580. The standard InChI is InChI=1S/C17H27BrN2O/c1-4-9-19-13(2)15-6-5-14(18)12-16(15)20-10-7-17(3,21)8-11-20/h5-6,12-13,19,21H,4,7-11H2,1-3H3. The van der Waals surface area contributed by atoms with Crippen LogP contribution in [-0.2, 0) is 0 Å².